The summed E-state index contributed by atoms with van der Waals surface area (Å²) in [6.45, 7) is 0.559. The van der Waals surface area contributed by atoms with Gasteiger partial charge in [0.05, 0.1) is 27.4 Å². The third-order valence-electron chi connectivity index (χ3n) is 5.67. The summed E-state index contributed by atoms with van der Waals surface area (Å²) in [6, 6.07) is 18.4. The van der Waals surface area contributed by atoms with Crippen molar-refractivity contribution in [1.82, 2.24) is 4.90 Å². The van der Waals surface area contributed by atoms with Gasteiger partial charge in [0.2, 0.25) is 0 Å². The van der Waals surface area contributed by atoms with Gasteiger partial charge in [-0.25, -0.2) is 0 Å². The number of rotatable bonds is 5. The van der Waals surface area contributed by atoms with Gasteiger partial charge in [-0.1, -0.05) is 29.8 Å². The van der Waals surface area contributed by atoms with Crippen molar-refractivity contribution in [3.8, 4) is 17.2 Å². The van der Waals surface area contributed by atoms with Crippen LogP contribution in [0.25, 0.3) is 0 Å². The third kappa shape index (κ3) is 3.93. The molecule has 160 valence electrons. The first-order chi connectivity index (χ1) is 15.1. The molecule has 3 aromatic rings. The fourth-order valence-electron chi connectivity index (χ4n) is 4.10. The lowest BCUT2D eigenvalue weighted by Gasteiger charge is -2.38. The van der Waals surface area contributed by atoms with Crippen molar-refractivity contribution in [3.05, 3.63) is 87.9 Å². The van der Waals surface area contributed by atoms with Crippen LogP contribution in [0.1, 0.15) is 33.1 Å². The van der Waals surface area contributed by atoms with E-state index >= 15 is 0 Å². The molecule has 0 N–H and O–H groups in total. The van der Waals surface area contributed by atoms with Crippen LogP contribution in [0, 0.1) is 0 Å². The number of hydrogen-bond donors (Lipinski definition) is 0. The molecule has 31 heavy (non-hydrogen) atoms. The Morgan fingerprint density at radius 3 is 2.23 bits per heavy atom. The number of amides is 1. The zero-order chi connectivity index (χ0) is 22.0. The molecule has 1 aliphatic rings. The van der Waals surface area contributed by atoms with Crippen molar-refractivity contribution in [3.63, 3.8) is 0 Å². The summed E-state index contributed by atoms with van der Waals surface area (Å²) in [7, 11) is 4.84. The van der Waals surface area contributed by atoms with Crippen molar-refractivity contribution >= 4 is 17.5 Å². The normalized spacial score (nSPS) is 15.2. The molecular weight excluding hydrogens is 414 g/mol. The predicted octanol–water partition coefficient (Wildman–Crippen LogP) is 5.15. The summed E-state index contributed by atoms with van der Waals surface area (Å²) in [5.41, 5.74) is 3.57. The molecule has 0 aromatic heterocycles. The number of hydrogen-bond acceptors (Lipinski definition) is 4. The van der Waals surface area contributed by atoms with Gasteiger partial charge in [0.25, 0.3) is 5.91 Å². The van der Waals surface area contributed by atoms with E-state index in [1.54, 1.807) is 45.6 Å². The molecule has 0 bridgehead atoms. The number of carbonyl (C=O) groups excluding carboxylic acids is 1. The van der Waals surface area contributed by atoms with Gasteiger partial charge in [-0.2, -0.15) is 0 Å². The first-order valence-electron chi connectivity index (χ1n) is 10.0. The van der Waals surface area contributed by atoms with E-state index < -0.39 is 0 Å². The van der Waals surface area contributed by atoms with Crippen LogP contribution in [0.5, 0.6) is 17.2 Å². The third-order valence-corrected chi connectivity index (χ3v) is 6.02. The van der Waals surface area contributed by atoms with E-state index in [2.05, 4.69) is 0 Å². The molecule has 0 unspecified atom stereocenters. The number of carbonyl (C=O) groups is 1. The van der Waals surface area contributed by atoms with Crippen LogP contribution in [0.2, 0.25) is 5.02 Å². The molecule has 0 radical (unpaired) electrons. The number of ether oxygens (including phenoxy) is 3. The monoisotopic (exact) mass is 437 g/mol. The second kappa shape index (κ2) is 8.90. The second-order valence-electron chi connectivity index (χ2n) is 7.31. The van der Waals surface area contributed by atoms with Gasteiger partial charge in [0.1, 0.15) is 5.75 Å². The van der Waals surface area contributed by atoms with Crippen molar-refractivity contribution in [2.45, 2.75) is 12.5 Å². The highest BCUT2D eigenvalue weighted by Gasteiger charge is 2.34. The maximum absolute atomic E-state index is 13.6. The highest BCUT2D eigenvalue weighted by molar-refractivity contribution is 6.31. The van der Waals surface area contributed by atoms with Crippen molar-refractivity contribution in [2.24, 2.45) is 0 Å². The summed E-state index contributed by atoms with van der Waals surface area (Å²) in [5, 5.41) is 0.614. The molecule has 3 aromatic carbocycles. The van der Waals surface area contributed by atoms with Crippen molar-refractivity contribution < 1.29 is 19.0 Å². The number of fused-ring (bicyclic) bond motifs is 1. The smallest absolute Gasteiger partial charge is 0.254 e. The van der Waals surface area contributed by atoms with Crippen molar-refractivity contribution in [1.29, 1.82) is 0 Å². The zero-order valence-corrected chi connectivity index (χ0v) is 18.5. The molecule has 0 spiro atoms. The topological polar surface area (TPSA) is 48.0 Å². The van der Waals surface area contributed by atoms with Gasteiger partial charge in [0, 0.05) is 17.1 Å². The van der Waals surface area contributed by atoms with Gasteiger partial charge in [-0.3, -0.25) is 4.79 Å². The van der Waals surface area contributed by atoms with E-state index in [1.807, 2.05) is 41.3 Å². The van der Waals surface area contributed by atoms with E-state index in [4.69, 9.17) is 25.8 Å². The highest BCUT2D eigenvalue weighted by Crippen LogP contribution is 2.43. The Kier molecular flexibility index (Phi) is 6.05. The van der Waals surface area contributed by atoms with E-state index in [0.717, 1.165) is 16.7 Å². The molecule has 1 amide bonds. The molecule has 6 heteroatoms. The first kappa shape index (κ1) is 21.1. The molecule has 0 fully saturated rings. The molecular formula is C25H24ClNO4. The molecule has 5 nitrogen and oxygen atoms in total. The van der Waals surface area contributed by atoms with Gasteiger partial charge >= 0.3 is 0 Å². The summed E-state index contributed by atoms with van der Waals surface area (Å²) >= 11 is 6.60. The van der Waals surface area contributed by atoms with Gasteiger partial charge in [0.15, 0.2) is 11.5 Å². The quantitative estimate of drug-likeness (QED) is 0.553. The van der Waals surface area contributed by atoms with Crippen LogP contribution in [0.15, 0.2) is 60.7 Å². The maximum atomic E-state index is 13.6. The standard InChI is InChI=1S/C25H24ClNO4/c1-29-18-10-8-16(9-11-18)25(28)27-13-12-17-14-22(30-2)23(31-3)15-20(17)24(27)19-6-4-5-7-21(19)26/h4-11,14-15,24H,12-13H2,1-3H3/t24-/m1/s1. The number of halogens is 1. The summed E-state index contributed by atoms with van der Waals surface area (Å²) in [5.74, 6) is 1.94. The number of methoxy groups -OCH3 is 3. The Balaban J connectivity index is 1.84. The highest BCUT2D eigenvalue weighted by atomic mass is 35.5. The predicted molar refractivity (Wildman–Crippen MR) is 121 cm³/mol. The fraction of sp³-hybridized carbons (Fsp3) is 0.240. The van der Waals surface area contributed by atoms with Gasteiger partial charge < -0.3 is 19.1 Å². The molecule has 1 aliphatic heterocycles. The number of nitrogens with zero attached hydrogens (tertiary/aromatic N) is 1. The Morgan fingerprint density at radius 2 is 1.58 bits per heavy atom. The summed E-state index contributed by atoms with van der Waals surface area (Å²) in [6.07, 6.45) is 0.707. The van der Waals surface area contributed by atoms with Crippen LogP contribution in [-0.4, -0.2) is 38.7 Å². The Bertz CT molecular complexity index is 1100. The van der Waals surface area contributed by atoms with Gasteiger partial charge in [-0.15, -0.1) is 0 Å². The Hall–Kier alpha value is -3.18. The van der Waals surface area contributed by atoms with Gasteiger partial charge in [-0.05, 0) is 65.6 Å². The lowest BCUT2D eigenvalue weighted by molar-refractivity contribution is 0.0694. The average molecular weight is 438 g/mol. The van der Waals surface area contributed by atoms with Crippen LogP contribution in [-0.2, 0) is 6.42 Å². The molecule has 4 rings (SSSR count). The maximum Gasteiger partial charge on any atom is 0.254 e. The minimum Gasteiger partial charge on any atom is -0.497 e. The van der Waals surface area contributed by atoms with E-state index in [-0.39, 0.29) is 11.9 Å². The van der Waals surface area contributed by atoms with E-state index in [9.17, 15) is 4.79 Å². The first-order valence-corrected chi connectivity index (χ1v) is 10.4. The van der Waals surface area contributed by atoms with Crippen LogP contribution >= 0.6 is 11.6 Å². The Labute approximate surface area is 187 Å². The molecule has 0 saturated carbocycles. The molecule has 0 saturated heterocycles. The largest absolute Gasteiger partial charge is 0.497 e. The van der Waals surface area contributed by atoms with Crippen LogP contribution in [0.4, 0.5) is 0 Å². The summed E-state index contributed by atoms with van der Waals surface area (Å²) in [4.78, 5) is 15.4. The van der Waals surface area contributed by atoms with Crippen molar-refractivity contribution in [2.75, 3.05) is 27.9 Å². The zero-order valence-electron chi connectivity index (χ0n) is 17.7. The van der Waals surface area contributed by atoms with Crippen LogP contribution < -0.4 is 14.2 Å². The molecule has 1 heterocycles. The Morgan fingerprint density at radius 1 is 0.903 bits per heavy atom. The van der Waals surface area contributed by atoms with E-state index in [0.29, 0.717) is 40.8 Å². The van der Waals surface area contributed by atoms with Crippen LogP contribution in [0.3, 0.4) is 0 Å². The minimum atomic E-state index is -0.341. The lowest BCUT2D eigenvalue weighted by Crippen LogP contribution is -2.40. The average Bonchev–Trinajstić information content (AvgIpc) is 2.82. The van der Waals surface area contributed by atoms with E-state index in [1.165, 1.54) is 0 Å². The molecule has 1 atom stereocenters. The SMILES string of the molecule is COc1ccc(C(=O)N2CCc3cc(OC)c(OC)cc3[C@H]2c2ccccc2Cl)cc1. The minimum absolute atomic E-state index is 0.0620. The molecule has 0 aliphatic carbocycles. The second-order valence-corrected chi connectivity index (χ2v) is 7.71. The number of benzene rings is 3. The lowest BCUT2D eigenvalue weighted by atomic mass is 9.87. The fourth-order valence-corrected chi connectivity index (χ4v) is 4.34. The summed E-state index contributed by atoms with van der Waals surface area (Å²) < 4.78 is 16.3.